The molecule has 0 amide bonds. The molecule has 0 heterocycles. The van der Waals surface area contributed by atoms with Crippen LogP contribution in [0.2, 0.25) is 5.02 Å². The molecule has 21 heavy (non-hydrogen) atoms. The van der Waals surface area contributed by atoms with Crippen molar-refractivity contribution in [3.8, 4) is 5.75 Å². The van der Waals surface area contributed by atoms with Gasteiger partial charge in [-0.3, -0.25) is 0 Å². The van der Waals surface area contributed by atoms with Crippen molar-refractivity contribution in [1.29, 1.82) is 0 Å². The van der Waals surface area contributed by atoms with Gasteiger partial charge in [-0.2, -0.15) is 0 Å². The summed E-state index contributed by atoms with van der Waals surface area (Å²) in [6.45, 7) is 1.09. The first-order chi connectivity index (χ1) is 10.1. The van der Waals surface area contributed by atoms with E-state index in [0.717, 1.165) is 5.56 Å². The molecule has 0 aromatic heterocycles. The predicted octanol–water partition coefficient (Wildman–Crippen LogP) is 3.01. The molecule has 0 aliphatic rings. The minimum Gasteiger partial charge on any atom is -0.489 e. The fourth-order valence-corrected chi connectivity index (χ4v) is 1.98. The minimum absolute atomic E-state index is 0.153. The Labute approximate surface area is 128 Å². The maximum atomic E-state index is 12.7. The molecule has 1 atom stereocenters. The zero-order valence-electron chi connectivity index (χ0n) is 11.4. The number of hydrogen-bond acceptors (Lipinski definition) is 3. The minimum atomic E-state index is -0.651. The molecule has 0 aliphatic carbocycles. The van der Waals surface area contributed by atoms with E-state index in [9.17, 15) is 9.50 Å². The third-order valence-electron chi connectivity index (χ3n) is 2.89. The van der Waals surface area contributed by atoms with Gasteiger partial charge in [0.15, 0.2) is 0 Å². The highest BCUT2D eigenvalue weighted by Crippen LogP contribution is 2.23. The van der Waals surface area contributed by atoms with Crippen LogP contribution in [0.15, 0.2) is 48.5 Å². The Kier molecular flexibility index (Phi) is 5.99. The fourth-order valence-electron chi connectivity index (χ4n) is 1.79. The van der Waals surface area contributed by atoms with Crippen molar-refractivity contribution in [3.63, 3.8) is 0 Å². The molecule has 0 saturated carbocycles. The number of rotatable bonds is 7. The summed E-state index contributed by atoms with van der Waals surface area (Å²) in [5.74, 6) is 0.295. The molecule has 2 aromatic rings. The molecule has 0 bridgehead atoms. The SMILES string of the molecule is OC(CNCc1ccc(F)cc1)COc1ccccc1Cl. The van der Waals surface area contributed by atoms with Gasteiger partial charge in [-0.15, -0.1) is 0 Å². The van der Waals surface area contributed by atoms with E-state index in [-0.39, 0.29) is 12.4 Å². The second-order valence-corrected chi connectivity index (χ2v) is 5.06. The number of benzene rings is 2. The predicted molar refractivity (Wildman–Crippen MR) is 81.1 cm³/mol. The molecular weight excluding hydrogens is 293 g/mol. The smallest absolute Gasteiger partial charge is 0.138 e. The van der Waals surface area contributed by atoms with Crippen molar-refractivity contribution in [1.82, 2.24) is 5.32 Å². The Morgan fingerprint density at radius 3 is 2.57 bits per heavy atom. The van der Waals surface area contributed by atoms with Crippen LogP contribution in [-0.2, 0) is 6.54 Å². The molecule has 112 valence electrons. The third kappa shape index (κ3) is 5.34. The van der Waals surface area contributed by atoms with Gasteiger partial charge < -0.3 is 15.2 Å². The van der Waals surface area contributed by atoms with Crippen molar-refractivity contribution in [2.75, 3.05) is 13.2 Å². The van der Waals surface area contributed by atoms with Crippen LogP contribution >= 0.6 is 11.6 Å². The van der Waals surface area contributed by atoms with Gasteiger partial charge in [0.1, 0.15) is 24.3 Å². The Hall–Kier alpha value is -1.62. The van der Waals surface area contributed by atoms with E-state index < -0.39 is 6.10 Å². The molecule has 0 spiro atoms. The average molecular weight is 310 g/mol. The highest BCUT2D eigenvalue weighted by molar-refractivity contribution is 6.32. The molecular formula is C16H17ClFNO2. The van der Waals surface area contributed by atoms with E-state index in [1.54, 1.807) is 24.3 Å². The molecule has 0 radical (unpaired) electrons. The summed E-state index contributed by atoms with van der Waals surface area (Å²) in [5, 5.41) is 13.4. The standard InChI is InChI=1S/C16H17ClFNO2/c17-15-3-1-2-4-16(15)21-11-14(20)10-19-9-12-5-7-13(18)8-6-12/h1-8,14,19-20H,9-11H2. The normalized spacial score (nSPS) is 12.1. The maximum Gasteiger partial charge on any atom is 0.138 e. The van der Waals surface area contributed by atoms with Gasteiger partial charge in [0.25, 0.3) is 0 Å². The van der Waals surface area contributed by atoms with Gasteiger partial charge in [-0.25, -0.2) is 4.39 Å². The first-order valence-corrected chi connectivity index (χ1v) is 7.03. The van der Waals surface area contributed by atoms with Crippen LogP contribution in [0, 0.1) is 5.82 Å². The number of aliphatic hydroxyl groups excluding tert-OH is 1. The number of nitrogens with one attached hydrogen (secondary N) is 1. The average Bonchev–Trinajstić information content (AvgIpc) is 2.48. The van der Waals surface area contributed by atoms with E-state index in [1.165, 1.54) is 12.1 Å². The van der Waals surface area contributed by atoms with Gasteiger partial charge >= 0.3 is 0 Å². The summed E-state index contributed by atoms with van der Waals surface area (Å²) in [4.78, 5) is 0. The van der Waals surface area contributed by atoms with E-state index in [4.69, 9.17) is 16.3 Å². The van der Waals surface area contributed by atoms with Gasteiger partial charge in [0.05, 0.1) is 5.02 Å². The lowest BCUT2D eigenvalue weighted by Crippen LogP contribution is -2.31. The van der Waals surface area contributed by atoms with Crippen molar-refractivity contribution < 1.29 is 14.2 Å². The molecule has 0 saturated heterocycles. The van der Waals surface area contributed by atoms with Gasteiger partial charge in [0, 0.05) is 13.1 Å². The summed E-state index contributed by atoms with van der Waals surface area (Å²) in [6.07, 6.45) is -0.651. The lowest BCUT2D eigenvalue weighted by molar-refractivity contribution is 0.106. The van der Waals surface area contributed by atoms with E-state index in [0.29, 0.717) is 23.9 Å². The Morgan fingerprint density at radius 2 is 1.86 bits per heavy atom. The number of hydrogen-bond donors (Lipinski definition) is 2. The van der Waals surface area contributed by atoms with Gasteiger partial charge in [-0.1, -0.05) is 35.9 Å². The highest BCUT2D eigenvalue weighted by Gasteiger charge is 2.06. The topological polar surface area (TPSA) is 41.5 Å². The Morgan fingerprint density at radius 1 is 1.14 bits per heavy atom. The summed E-state index contributed by atoms with van der Waals surface area (Å²) in [7, 11) is 0. The number of ether oxygens (including phenoxy) is 1. The van der Waals surface area contributed by atoms with Crippen molar-refractivity contribution in [3.05, 3.63) is 64.9 Å². The van der Waals surface area contributed by atoms with E-state index in [1.807, 2.05) is 12.1 Å². The van der Waals surface area contributed by atoms with Crippen LogP contribution in [0.3, 0.4) is 0 Å². The largest absolute Gasteiger partial charge is 0.489 e. The first-order valence-electron chi connectivity index (χ1n) is 6.65. The lowest BCUT2D eigenvalue weighted by atomic mass is 10.2. The summed E-state index contributed by atoms with van der Waals surface area (Å²) in [5.41, 5.74) is 0.954. The van der Waals surface area contributed by atoms with Crippen LogP contribution < -0.4 is 10.1 Å². The van der Waals surface area contributed by atoms with E-state index >= 15 is 0 Å². The van der Waals surface area contributed by atoms with Crippen LogP contribution in [0.1, 0.15) is 5.56 Å². The zero-order chi connectivity index (χ0) is 15.1. The Balaban J connectivity index is 1.69. The second-order valence-electron chi connectivity index (χ2n) is 4.65. The van der Waals surface area contributed by atoms with Crippen LogP contribution in [0.5, 0.6) is 5.75 Å². The number of halogens is 2. The number of aliphatic hydroxyl groups is 1. The molecule has 3 nitrogen and oxygen atoms in total. The van der Waals surface area contributed by atoms with Crippen LogP contribution in [-0.4, -0.2) is 24.4 Å². The van der Waals surface area contributed by atoms with E-state index in [2.05, 4.69) is 5.32 Å². The molecule has 2 aromatic carbocycles. The summed E-state index contributed by atoms with van der Waals surface area (Å²) in [6, 6.07) is 13.3. The molecule has 1 unspecified atom stereocenters. The lowest BCUT2D eigenvalue weighted by Gasteiger charge is -2.14. The van der Waals surface area contributed by atoms with Gasteiger partial charge in [-0.05, 0) is 29.8 Å². The molecule has 0 fully saturated rings. The number of para-hydroxylation sites is 1. The van der Waals surface area contributed by atoms with Crippen molar-refractivity contribution in [2.45, 2.75) is 12.6 Å². The summed E-state index contributed by atoms with van der Waals surface area (Å²) >= 11 is 5.95. The monoisotopic (exact) mass is 309 g/mol. The highest BCUT2D eigenvalue weighted by atomic mass is 35.5. The van der Waals surface area contributed by atoms with Gasteiger partial charge in [0.2, 0.25) is 0 Å². The van der Waals surface area contributed by atoms with Crippen molar-refractivity contribution >= 4 is 11.6 Å². The zero-order valence-corrected chi connectivity index (χ0v) is 12.2. The quantitative estimate of drug-likeness (QED) is 0.826. The second kappa shape index (κ2) is 7.98. The third-order valence-corrected chi connectivity index (χ3v) is 3.20. The molecule has 2 rings (SSSR count). The maximum absolute atomic E-state index is 12.7. The summed E-state index contributed by atoms with van der Waals surface area (Å²) < 4.78 is 18.2. The molecule has 5 heteroatoms. The molecule has 0 aliphatic heterocycles. The first kappa shape index (κ1) is 15.8. The van der Waals surface area contributed by atoms with Crippen LogP contribution in [0.4, 0.5) is 4.39 Å². The fraction of sp³-hybridized carbons (Fsp3) is 0.250. The van der Waals surface area contributed by atoms with Crippen molar-refractivity contribution in [2.24, 2.45) is 0 Å². The molecule has 2 N–H and O–H groups in total. The Bertz CT molecular complexity index is 562. The van der Waals surface area contributed by atoms with Crippen LogP contribution in [0.25, 0.3) is 0 Å².